The minimum absolute atomic E-state index is 0.00619. The van der Waals surface area contributed by atoms with Gasteiger partial charge in [0.05, 0.1) is 24.0 Å². The number of nitrogens with zero attached hydrogens (tertiary/aromatic N) is 4. The van der Waals surface area contributed by atoms with Gasteiger partial charge in [-0.25, -0.2) is 18.7 Å². The molecule has 1 aliphatic rings. The van der Waals surface area contributed by atoms with Crippen LogP contribution in [0.3, 0.4) is 0 Å². The number of carbonyl (C=O) groups excluding carboxylic acids is 1. The number of imidazole rings is 1. The van der Waals surface area contributed by atoms with Gasteiger partial charge in [0.1, 0.15) is 28.8 Å². The summed E-state index contributed by atoms with van der Waals surface area (Å²) in [4.78, 5) is 24.1. The number of hydrogen-bond donors (Lipinski definition) is 2. The zero-order valence-electron chi connectivity index (χ0n) is 19.0. The number of ether oxygens (including phenoxy) is 1. The molecule has 0 spiro atoms. The number of fused-ring (bicyclic) bond motifs is 1. The highest BCUT2D eigenvalue weighted by atomic mass is 19.1. The number of anilines is 2. The number of amides is 1. The summed E-state index contributed by atoms with van der Waals surface area (Å²) in [5, 5.41) is 2.78. The van der Waals surface area contributed by atoms with Gasteiger partial charge in [0.15, 0.2) is 5.65 Å². The lowest BCUT2D eigenvalue weighted by atomic mass is 10.0. The van der Waals surface area contributed by atoms with Crippen molar-refractivity contribution in [1.82, 2.24) is 14.4 Å². The second-order valence-electron chi connectivity index (χ2n) is 8.39. The Hall–Kier alpha value is -4.05. The molecule has 3 heterocycles. The second kappa shape index (κ2) is 9.30. The third kappa shape index (κ3) is 4.40. The molecule has 0 aliphatic carbocycles. The van der Waals surface area contributed by atoms with E-state index in [1.54, 1.807) is 22.7 Å². The molecule has 2 aromatic carbocycles. The minimum Gasteiger partial charge on any atom is -0.496 e. The lowest BCUT2D eigenvalue weighted by Crippen LogP contribution is -2.40. The van der Waals surface area contributed by atoms with Crippen molar-refractivity contribution in [2.75, 3.05) is 30.4 Å². The van der Waals surface area contributed by atoms with E-state index in [2.05, 4.69) is 20.2 Å². The highest BCUT2D eigenvalue weighted by molar-refractivity contribution is 6.05. The molecular weight excluding hydrogens is 454 g/mol. The van der Waals surface area contributed by atoms with Crippen LogP contribution in [0.5, 0.6) is 5.75 Å². The van der Waals surface area contributed by atoms with E-state index in [1.807, 2.05) is 0 Å². The molecule has 0 bridgehead atoms. The van der Waals surface area contributed by atoms with Gasteiger partial charge in [-0.3, -0.25) is 4.79 Å². The zero-order valence-corrected chi connectivity index (χ0v) is 19.0. The van der Waals surface area contributed by atoms with Crippen molar-refractivity contribution in [3.63, 3.8) is 0 Å². The lowest BCUT2D eigenvalue weighted by Gasteiger charge is -2.33. The van der Waals surface area contributed by atoms with E-state index in [0.29, 0.717) is 30.1 Å². The normalized spacial score (nSPS) is 14.3. The molecule has 10 heteroatoms. The van der Waals surface area contributed by atoms with E-state index in [-0.39, 0.29) is 28.7 Å². The highest BCUT2D eigenvalue weighted by Gasteiger charge is 2.23. The summed E-state index contributed by atoms with van der Waals surface area (Å²) in [6, 6.07) is 8.82. The highest BCUT2D eigenvalue weighted by Crippen LogP contribution is 2.34. The van der Waals surface area contributed by atoms with Crippen LogP contribution in [-0.2, 0) is 0 Å². The quantitative estimate of drug-likeness (QED) is 0.452. The molecule has 0 atom stereocenters. The van der Waals surface area contributed by atoms with Gasteiger partial charge in [0.2, 0.25) is 0 Å². The second-order valence-corrected chi connectivity index (χ2v) is 8.39. The molecule has 0 unspecified atom stereocenters. The summed E-state index contributed by atoms with van der Waals surface area (Å²) in [5.41, 5.74) is 7.66. The predicted molar refractivity (Wildman–Crippen MR) is 129 cm³/mol. The maximum Gasteiger partial charge on any atom is 0.275 e. The average molecular weight is 479 g/mol. The third-order valence-corrected chi connectivity index (χ3v) is 6.13. The number of halogens is 2. The summed E-state index contributed by atoms with van der Waals surface area (Å²) in [6.07, 6.45) is 6.26. The molecule has 2 aromatic heterocycles. The summed E-state index contributed by atoms with van der Waals surface area (Å²) in [5.74, 6) is -1.35. The number of rotatable bonds is 5. The molecule has 35 heavy (non-hydrogen) atoms. The van der Waals surface area contributed by atoms with Gasteiger partial charge in [-0.2, -0.15) is 0 Å². The summed E-state index contributed by atoms with van der Waals surface area (Å²) < 4.78 is 35.9. The van der Waals surface area contributed by atoms with E-state index < -0.39 is 17.5 Å². The van der Waals surface area contributed by atoms with Crippen molar-refractivity contribution in [1.29, 1.82) is 0 Å². The average Bonchev–Trinajstić information content (AvgIpc) is 3.33. The van der Waals surface area contributed by atoms with Crippen molar-refractivity contribution in [3.05, 3.63) is 72.3 Å². The number of nitrogens with two attached hydrogens (primary N) is 1. The van der Waals surface area contributed by atoms with E-state index in [0.717, 1.165) is 12.8 Å². The van der Waals surface area contributed by atoms with Crippen molar-refractivity contribution in [2.24, 2.45) is 5.73 Å². The summed E-state index contributed by atoms with van der Waals surface area (Å²) in [6.45, 7) is 1.40. The monoisotopic (exact) mass is 478 g/mol. The standard InChI is InChI=1S/C25H24F2N6O2/c1-35-21-4-2-3-17(27)22(21)23-24-29-9-12-33(24)14-19(30-23)25(34)31-18-13-15(26)5-6-20(18)32-10-7-16(28)8-11-32/h2-6,9,12-14,16H,7-8,10-11,28H2,1H3,(H,31,34). The minimum atomic E-state index is -0.572. The van der Waals surface area contributed by atoms with Gasteiger partial charge in [-0.15, -0.1) is 0 Å². The molecule has 0 radical (unpaired) electrons. The van der Waals surface area contributed by atoms with E-state index in [9.17, 15) is 13.6 Å². The number of aromatic nitrogens is 3. The molecule has 1 aliphatic heterocycles. The van der Waals surface area contributed by atoms with Gasteiger partial charge >= 0.3 is 0 Å². The van der Waals surface area contributed by atoms with Gasteiger partial charge in [0.25, 0.3) is 5.91 Å². The van der Waals surface area contributed by atoms with Crippen molar-refractivity contribution >= 4 is 22.9 Å². The fourth-order valence-corrected chi connectivity index (χ4v) is 4.32. The number of hydrogen-bond acceptors (Lipinski definition) is 6. The number of benzene rings is 2. The lowest BCUT2D eigenvalue weighted by molar-refractivity contribution is 0.102. The molecule has 1 amide bonds. The Bertz CT molecular complexity index is 1400. The van der Waals surface area contributed by atoms with Crippen LogP contribution in [0, 0.1) is 11.6 Å². The maximum absolute atomic E-state index is 14.9. The fraction of sp³-hybridized carbons (Fsp3) is 0.240. The van der Waals surface area contributed by atoms with Crippen LogP contribution in [-0.4, -0.2) is 46.5 Å². The molecule has 5 rings (SSSR count). The smallest absolute Gasteiger partial charge is 0.275 e. The molecule has 1 fully saturated rings. The fourth-order valence-electron chi connectivity index (χ4n) is 4.32. The number of nitrogens with one attached hydrogen (secondary N) is 1. The van der Waals surface area contributed by atoms with Crippen LogP contribution in [0.15, 0.2) is 55.0 Å². The van der Waals surface area contributed by atoms with Gasteiger partial charge in [0, 0.05) is 37.7 Å². The maximum atomic E-state index is 14.9. The molecule has 180 valence electrons. The Kier molecular flexibility index (Phi) is 6.04. The number of piperidine rings is 1. The van der Waals surface area contributed by atoms with E-state index in [1.165, 1.54) is 43.8 Å². The molecule has 1 saturated heterocycles. The first-order valence-corrected chi connectivity index (χ1v) is 11.2. The first-order chi connectivity index (χ1) is 16.9. The summed E-state index contributed by atoms with van der Waals surface area (Å²) in [7, 11) is 1.43. The Morgan fingerprint density at radius 3 is 2.77 bits per heavy atom. The van der Waals surface area contributed by atoms with Crippen LogP contribution < -0.4 is 20.7 Å². The number of carbonyl (C=O) groups is 1. The number of methoxy groups -OCH3 is 1. The summed E-state index contributed by atoms with van der Waals surface area (Å²) >= 11 is 0. The van der Waals surface area contributed by atoms with Crippen LogP contribution in [0.25, 0.3) is 16.9 Å². The molecule has 4 aromatic rings. The van der Waals surface area contributed by atoms with Crippen LogP contribution in [0.4, 0.5) is 20.2 Å². The predicted octanol–water partition coefficient (Wildman–Crippen LogP) is 3.86. The van der Waals surface area contributed by atoms with E-state index >= 15 is 0 Å². The molecular formula is C25H24F2N6O2. The Morgan fingerprint density at radius 1 is 1.20 bits per heavy atom. The van der Waals surface area contributed by atoms with Gasteiger partial charge < -0.3 is 25.1 Å². The third-order valence-electron chi connectivity index (χ3n) is 6.13. The Balaban J connectivity index is 1.54. The van der Waals surface area contributed by atoms with E-state index in [4.69, 9.17) is 10.5 Å². The Labute approximate surface area is 200 Å². The van der Waals surface area contributed by atoms with Crippen LogP contribution in [0.1, 0.15) is 23.3 Å². The SMILES string of the molecule is COc1cccc(F)c1-c1nc(C(=O)Nc2cc(F)ccc2N2CCC(N)CC2)cn2ccnc12. The first-order valence-electron chi connectivity index (χ1n) is 11.2. The van der Waals surface area contributed by atoms with Crippen molar-refractivity contribution in [3.8, 4) is 17.0 Å². The molecule has 3 N–H and O–H groups in total. The van der Waals surface area contributed by atoms with Crippen LogP contribution >= 0.6 is 0 Å². The Morgan fingerprint density at radius 2 is 2.00 bits per heavy atom. The van der Waals surface area contributed by atoms with Crippen molar-refractivity contribution < 1.29 is 18.3 Å². The first kappa shape index (κ1) is 22.7. The van der Waals surface area contributed by atoms with Crippen LogP contribution in [0.2, 0.25) is 0 Å². The van der Waals surface area contributed by atoms with Gasteiger partial charge in [-0.05, 0) is 43.2 Å². The van der Waals surface area contributed by atoms with Gasteiger partial charge in [-0.1, -0.05) is 6.07 Å². The van der Waals surface area contributed by atoms with Crippen molar-refractivity contribution in [2.45, 2.75) is 18.9 Å². The zero-order chi connectivity index (χ0) is 24.5. The molecule has 8 nitrogen and oxygen atoms in total. The topological polar surface area (TPSA) is 97.8 Å². The molecule has 0 saturated carbocycles. The largest absolute Gasteiger partial charge is 0.496 e.